The van der Waals surface area contributed by atoms with Gasteiger partial charge in [-0.1, -0.05) is 5.21 Å². The second kappa shape index (κ2) is 7.64. The van der Waals surface area contributed by atoms with Crippen LogP contribution < -0.4 is 5.32 Å². The highest BCUT2D eigenvalue weighted by atomic mass is 16.5. The first-order valence-electron chi connectivity index (χ1n) is 6.90. The van der Waals surface area contributed by atoms with Gasteiger partial charge < -0.3 is 14.6 Å². The van der Waals surface area contributed by atoms with Crippen molar-refractivity contribution in [3.05, 3.63) is 24.3 Å². The molecule has 0 unspecified atom stereocenters. The molecule has 2 heterocycles. The summed E-state index contributed by atoms with van der Waals surface area (Å²) in [6, 6.07) is 0. The average Bonchev–Trinajstić information content (AvgIpc) is 3.05. The number of ether oxygens (including phenoxy) is 1. The molecule has 0 bridgehead atoms. The summed E-state index contributed by atoms with van der Waals surface area (Å²) in [5.41, 5.74) is 1.03. The van der Waals surface area contributed by atoms with Gasteiger partial charge in [-0.25, -0.2) is 4.98 Å². The standard InChI is InChI=1S/C13H22N6O/c1-12-11-18(7-4-8-19-9-6-15-17-19)13(16-12)14-5-3-10-20-2/h6,9,11H,3-5,7-8,10H2,1-2H3,(H,14,16). The van der Waals surface area contributed by atoms with Crippen molar-refractivity contribution in [3.8, 4) is 0 Å². The summed E-state index contributed by atoms with van der Waals surface area (Å²) in [6.45, 7) is 5.41. The van der Waals surface area contributed by atoms with Crippen LogP contribution in [0.1, 0.15) is 18.5 Å². The van der Waals surface area contributed by atoms with Crippen molar-refractivity contribution in [2.75, 3.05) is 25.6 Å². The van der Waals surface area contributed by atoms with Crippen molar-refractivity contribution in [1.82, 2.24) is 24.5 Å². The summed E-state index contributed by atoms with van der Waals surface area (Å²) in [5, 5.41) is 11.1. The highest BCUT2D eigenvalue weighted by Gasteiger charge is 2.05. The normalized spacial score (nSPS) is 10.9. The van der Waals surface area contributed by atoms with Gasteiger partial charge in [0.05, 0.1) is 11.9 Å². The molecule has 20 heavy (non-hydrogen) atoms. The van der Waals surface area contributed by atoms with Crippen molar-refractivity contribution in [3.63, 3.8) is 0 Å². The Bertz CT molecular complexity index is 493. The molecule has 0 aromatic carbocycles. The number of hydrogen-bond donors (Lipinski definition) is 1. The van der Waals surface area contributed by atoms with Gasteiger partial charge in [-0.05, 0) is 19.8 Å². The predicted octanol–water partition coefficient (Wildman–Crippen LogP) is 1.32. The molecule has 0 saturated carbocycles. The Kier molecular flexibility index (Phi) is 5.55. The molecule has 0 aliphatic rings. The number of rotatable bonds is 9. The van der Waals surface area contributed by atoms with E-state index in [4.69, 9.17) is 4.74 Å². The van der Waals surface area contributed by atoms with E-state index in [9.17, 15) is 0 Å². The number of aryl methyl sites for hydroxylation is 3. The first-order valence-corrected chi connectivity index (χ1v) is 6.90. The molecule has 0 atom stereocenters. The number of nitrogens with zero attached hydrogens (tertiary/aromatic N) is 5. The molecule has 110 valence electrons. The molecule has 1 N–H and O–H groups in total. The van der Waals surface area contributed by atoms with E-state index in [1.54, 1.807) is 13.3 Å². The highest BCUT2D eigenvalue weighted by Crippen LogP contribution is 2.09. The Morgan fingerprint density at radius 1 is 1.30 bits per heavy atom. The first-order chi connectivity index (χ1) is 9.79. The van der Waals surface area contributed by atoms with Crippen LogP contribution in [-0.4, -0.2) is 44.8 Å². The van der Waals surface area contributed by atoms with Crippen LogP contribution >= 0.6 is 0 Å². The number of imidazole rings is 1. The van der Waals surface area contributed by atoms with Gasteiger partial charge in [0.15, 0.2) is 0 Å². The molecule has 0 aliphatic heterocycles. The van der Waals surface area contributed by atoms with Gasteiger partial charge in [-0.2, -0.15) is 0 Å². The fourth-order valence-corrected chi connectivity index (χ4v) is 2.03. The van der Waals surface area contributed by atoms with E-state index in [0.29, 0.717) is 0 Å². The van der Waals surface area contributed by atoms with E-state index in [1.807, 2.05) is 17.8 Å². The largest absolute Gasteiger partial charge is 0.385 e. The molecule has 2 aromatic heterocycles. The second-order valence-corrected chi connectivity index (χ2v) is 4.69. The van der Waals surface area contributed by atoms with Gasteiger partial charge in [0.1, 0.15) is 0 Å². The summed E-state index contributed by atoms with van der Waals surface area (Å²) >= 11 is 0. The van der Waals surface area contributed by atoms with Crippen LogP contribution in [0.2, 0.25) is 0 Å². The smallest absolute Gasteiger partial charge is 0.203 e. The molecule has 2 aromatic rings. The van der Waals surface area contributed by atoms with Crippen molar-refractivity contribution < 1.29 is 4.74 Å². The lowest BCUT2D eigenvalue weighted by Crippen LogP contribution is -2.11. The van der Waals surface area contributed by atoms with E-state index in [-0.39, 0.29) is 0 Å². The van der Waals surface area contributed by atoms with Crippen molar-refractivity contribution in [2.45, 2.75) is 32.9 Å². The van der Waals surface area contributed by atoms with Gasteiger partial charge in [0.2, 0.25) is 5.95 Å². The van der Waals surface area contributed by atoms with Gasteiger partial charge in [-0.3, -0.25) is 4.68 Å². The molecule has 0 saturated heterocycles. The van der Waals surface area contributed by atoms with E-state index >= 15 is 0 Å². The fraction of sp³-hybridized carbons (Fsp3) is 0.615. The Morgan fingerprint density at radius 2 is 2.20 bits per heavy atom. The quantitative estimate of drug-likeness (QED) is 0.701. The topological polar surface area (TPSA) is 69.8 Å². The zero-order valence-corrected chi connectivity index (χ0v) is 12.1. The van der Waals surface area contributed by atoms with Gasteiger partial charge in [0.25, 0.3) is 0 Å². The third-order valence-corrected chi connectivity index (χ3v) is 2.96. The Morgan fingerprint density at radius 3 is 2.95 bits per heavy atom. The third-order valence-electron chi connectivity index (χ3n) is 2.96. The zero-order chi connectivity index (χ0) is 14.2. The third kappa shape index (κ3) is 4.34. The van der Waals surface area contributed by atoms with Crippen LogP contribution in [0.15, 0.2) is 18.6 Å². The summed E-state index contributed by atoms with van der Waals surface area (Å²) in [4.78, 5) is 4.50. The Hall–Kier alpha value is -1.89. The van der Waals surface area contributed by atoms with Gasteiger partial charge in [-0.15, -0.1) is 5.10 Å². The minimum atomic E-state index is 0.763. The lowest BCUT2D eigenvalue weighted by atomic mass is 10.4. The van der Waals surface area contributed by atoms with Crippen LogP contribution in [0.3, 0.4) is 0 Å². The van der Waals surface area contributed by atoms with Crippen LogP contribution in [0.25, 0.3) is 0 Å². The number of aromatic nitrogens is 5. The van der Waals surface area contributed by atoms with Crippen LogP contribution in [0.5, 0.6) is 0 Å². The minimum absolute atomic E-state index is 0.763. The number of anilines is 1. The van der Waals surface area contributed by atoms with Crippen LogP contribution in [0, 0.1) is 6.92 Å². The molecule has 0 fully saturated rings. The summed E-state index contributed by atoms with van der Waals surface area (Å²) in [5.74, 6) is 0.928. The highest BCUT2D eigenvalue weighted by molar-refractivity contribution is 5.28. The summed E-state index contributed by atoms with van der Waals surface area (Å²) in [7, 11) is 1.72. The van der Waals surface area contributed by atoms with E-state index in [1.165, 1.54) is 0 Å². The lowest BCUT2D eigenvalue weighted by Gasteiger charge is -2.09. The maximum atomic E-state index is 5.04. The Balaban J connectivity index is 1.80. The van der Waals surface area contributed by atoms with E-state index < -0.39 is 0 Å². The maximum absolute atomic E-state index is 5.04. The molecule has 0 amide bonds. The zero-order valence-electron chi connectivity index (χ0n) is 12.1. The molecule has 0 spiro atoms. The Labute approximate surface area is 119 Å². The molecule has 7 heteroatoms. The summed E-state index contributed by atoms with van der Waals surface area (Å²) in [6.07, 6.45) is 7.61. The fourth-order valence-electron chi connectivity index (χ4n) is 2.03. The number of nitrogens with one attached hydrogen (secondary N) is 1. The lowest BCUT2D eigenvalue weighted by molar-refractivity contribution is 0.197. The molecule has 0 radical (unpaired) electrons. The van der Waals surface area contributed by atoms with E-state index in [0.717, 1.165) is 50.7 Å². The van der Waals surface area contributed by atoms with Crippen LogP contribution in [-0.2, 0) is 17.8 Å². The maximum Gasteiger partial charge on any atom is 0.203 e. The average molecular weight is 278 g/mol. The van der Waals surface area contributed by atoms with Crippen molar-refractivity contribution in [2.24, 2.45) is 0 Å². The van der Waals surface area contributed by atoms with Crippen LogP contribution in [0.4, 0.5) is 5.95 Å². The number of hydrogen-bond acceptors (Lipinski definition) is 5. The monoisotopic (exact) mass is 278 g/mol. The molecule has 2 rings (SSSR count). The second-order valence-electron chi connectivity index (χ2n) is 4.69. The molecule has 7 nitrogen and oxygen atoms in total. The minimum Gasteiger partial charge on any atom is -0.385 e. The SMILES string of the molecule is COCCCNc1nc(C)cn1CCCn1ccnn1. The first kappa shape index (κ1) is 14.5. The van der Waals surface area contributed by atoms with Crippen molar-refractivity contribution in [1.29, 1.82) is 0 Å². The predicted molar refractivity (Wildman–Crippen MR) is 76.6 cm³/mol. The summed E-state index contributed by atoms with van der Waals surface area (Å²) < 4.78 is 9.03. The molecular weight excluding hydrogens is 256 g/mol. The van der Waals surface area contributed by atoms with Crippen molar-refractivity contribution >= 4 is 5.95 Å². The number of methoxy groups -OCH3 is 1. The molecular formula is C13H22N6O. The molecule has 0 aliphatic carbocycles. The van der Waals surface area contributed by atoms with Gasteiger partial charge in [0, 0.05) is 45.7 Å². The van der Waals surface area contributed by atoms with Gasteiger partial charge >= 0.3 is 0 Å². The van der Waals surface area contributed by atoms with E-state index in [2.05, 4.69) is 31.4 Å².